The maximum atomic E-state index is 13.3. The van der Waals surface area contributed by atoms with Crippen LogP contribution in [0.5, 0.6) is 11.5 Å². The van der Waals surface area contributed by atoms with E-state index in [0.717, 1.165) is 21.9 Å². The normalized spacial score (nSPS) is 16.5. The monoisotopic (exact) mass is 481 g/mol. The van der Waals surface area contributed by atoms with Gasteiger partial charge in [-0.05, 0) is 48.9 Å². The van der Waals surface area contributed by atoms with Gasteiger partial charge >= 0.3 is 0 Å². The van der Waals surface area contributed by atoms with Crippen LogP contribution >= 0.6 is 11.3 Å². The van der Waals surface area contributed by atoms with Gasteiger partial charge in [-0.15, -0.1) is 11.3 Å². The number of nitrogens with zero attached hydrogens (tertiary/aromatic N) is 3. The van der Waals surface area contributed by atoms with Gasteiger partial charge in [0.25, 0.3) is 5.91 Å². The van der Waals surface area contributed by atoms with Crippen LogP contribution in [0.4, 0.5) is 15.2 Å². The quantitative estimate of drug-likeness (QED) is 0.559. The average Bonchev–Trinajstić information content (AvgIpc) is 3.53. The van der Waals surface area contributed by atoms with Crippen molar-refractivity contribution in [2.24, 2.45) is 10.8 Å². The third-order valence-electron chi connectivity index (χ3n) is 5.51. The van der Waals surface area contributed by atoms with Crippen LogP contribution in [0.25, 0.3) is 0 Å². The van der Waals surface area contributed by atoms with Crippen molar-refractivity contribution in [3.8, 4) is 11.5 Å². The fraction of sp³-hybridized carbons (Fsp3) is 0.217. The largest absolute Gasteiger partial charge is 0.454 e. The molecule has 3 heterocycles. The molecule has 34 heavy (non-hydrogen) atoms. The Balaban J connectivity index is 1.31. The number of carbonyl (C=O) groups excluding carboxylic acids is 2. The summed E-state index contributed by atoms with van der Waals surface area (Å²) < 4.78 is 24.1. The van der Waals surface area contributed by atoms with Gasteiger partial charge in [0.2, 0.25) is 12.7 Å². The van der Waals surface area contributed by atoms with Crippen molar-refractivity contribution in [1.82, 2.24) is 4.98 Å². The van der Waals surface area contributed by atoms with Gasteiger partial charge in [-0.25, -0.2) is 9.37 Å². The Morgan fingerprint density at radius 3 is 2.74 bits per heavy atom. The molecule has 3 aromatic rings. The zero-order valence-electron chi connectivity index (χ0n) is 18.1. The summed E-state index contributed by atoms with van der Waals surface area (Å²) in [5.41, 5.74) is 7.95. The maximum absolute atomic E-state index is 13.3. The van der Waals surface area contributed by atoms with Gasteiger partial charge in [-0.1, -0.05) is 6.07 Å². The number of ether oxygens (including phenoxy) is 2. The lowest BCUT2D eigenvalue weighted by atomic mass is 10.1. The lowest BCUT2D eigenvalue weighted by Crippen LogP contribution is -2.39. The van der Waals surface area contributed by atoms with Crippen LogP contribution in [0.3, 0.4) is 0 Å². The van der Waals surface area contributed by atoms with E-state index in [-0.39, 0.29) is 18.9 Å². The summed E-state index contributed by atoms with van der Waals surface area (Å²) in [6.45, 7) is 2.09. The molecule has 0 fully saturated rings. The van der Waals surface area contributed by atoms with Crippen LogP contribution in [0.1, 0.15) is 22.6 Å². The molecule has 0 saturated carbocycles. The highest BCUT2D eigenvalue weighted by Gasteiger charge is 2.35. The van der Waals surface area contributed by atoms with E-state index in [1.807, 2.05) is 25.1 Å². The first-order valence-electron chi connectivity index (χ1n) is 10.4. The standard InChI is InChI=1S/C23H20FN5O4S/c1-12-20(9-13-2-7-18-19(8-13)33-11-32-18)34-23(26-12)27-22(31)16-10-17(21(25)30)29(28-16)15-5-3-14(24)4-6-15/h2-8,17H,9-11H2,1H3,(H2,25,30)(H,26,27,31)/t17-/m1/s1. The minimum absolute atomic E-state index is 0.0347. The molecule has 1 aromatic heterocycles. The number of halogens is 1. The number of carbonyl (C=O) groups is 2. The fourth-order valence-electron chi connectivity index (χ4n) is 3.75. The predicted octanol–water partition coefficient (Wildman–Crippen LogP) is 2.97. The smallest absolute Gasteiger partial charge is 0.273 e. The molecule has 2 aliphatic rings. The van der Waals surface area contributed by atoms with E-state index in [4.69, 9.17) is 15.2 Å². The zero-order chi connectivity index (χ0) is 23.8. The Morgan fingerprint density at radius 1 is 1.21 bits per heavy atom. The van der Waals surface area contributed by atoms with Gasteiger partial charge in [0, 0.05) is 17.7 Å². The molecule has 0 unspecified atom stereocenters. The van der Waals surface area contributed by atoms with Gasteiger partial charge in [0.1, 0.15) is 17.6 Å². The molecule has 5 rings (SSSR count). The van der Waals surface area contributed by atoms with Crippen molar-refractivity contribution >= 4 is 39.7 Å². The lowest BCUT2D eigenvalue weighted by molar-refractivity contribution is -0.119. The van der Waals surface area contributed by atoms with Gasteiger partial charge in [0.05, 0.1) is 11.4 Å². The molecule has 174 valence electrons. The van der Waals surface area contributed by atoms with Crippen molar-refractivity contribution in [2.75, 3.05) is 17.1 Å². The Hall–Kier alpha value is -3.99. The van der Waals surface area contributed by atoms with Crippen molar-refractivity contribution in [2.45, 2.75) is 25.8 Å². The highest BCUT2D eigenvalue weighted by Crippen LogP contribution is 2.34. The number of anilines is 2. The molecule has 0 saturated heterocycles. The van der Waals surface area contributed by atoms with E-state index in [1.165, 1.54) is 40.6 Å². The lowest BCUT2D eigenvalue weighted by Gasteiger charge is -2.20. The van der Waals surface area contributed by atoms with Crippen molar-refractivity contribution in [1.29, 1.82) is 0 Å². The maximum Gasteiger partial charge on any atom is 0.273 e. The van der Waals surface area contributed by atoms with E-state index in [2.05, 4.69) is 15.4 Å². The second-order valence-corrected chi connectivity index (χ2v) is 8.92. The summed E-state index contributed by atoms with van der Waals surface area (Å²) in [6.07, 6.45) is 0.659. The minimum Gasteiger partial charge on any atom is -0.454 e. The molecule has 3 N–H and O–H groups in total. The molecule has 0 spiro atoms. The number of nitrogens with one attached hydrogen (secondary N) is 1. The van der Waals surface area contributed by atoms with Crippen LogP contribution in [0, 0.1) is 12.7 Å². The van der Waals surface area contributed by atoms with Crippen LogP contribution in [-0.2, 0) is 16.0 Å². The number of fused-ring (bicyclic) bond motifs is 1. The third kappa shape index (κ3) is 4.29. The molecule has 11 heteroatoms. The molecule has 0 bridgehead atoms. The number of amides is 2. The van der Waals surface area contributed by atoms with Crippen molar-refractivity contribution in [3.63, 3.8) is 0 Å². The number of primary amides is 1. The second kappa shape index (κ2) is 8.75. The molecular formula is C23H20FN5O4S. The first-order valence-corrected chi connectivity index (χ1v) is 11.3. The first-order chi connectivity index (χ1) is 16.4. The van der Waals surface area contributed by atoms with E-state index in [1.54, 1.807) is 0 Å². The molecule has 0 aliphatic carbocycles. The summed E-state index contributed by atoms with van der Waals surface area (Å²) in [7, 11) is 0. The summed E-state index contributed by atoms with van der Waals surface area (Å²) in [6, 6.07) is 10.4. The number of nitrogens with two attached hydrogens (primary N) is 1. The Morgan fingerprint density at radius 2 is 1.97 bits per heavy atom. The summed E-state index contributed by atoms with van der Waals surface area (Å²) in [5, 5.41) is 8.82. The van der Waals surface area contributed by atoms with Gasteiger partial charge in [-0.3, -0.25) is 19.9 Å². The second-order valence-electron chi connectivity index (χ2n) is 7.84. The van der Waals surface area contributed by atoms with Gasteiger partial charge in [-0.2, -0.15) is 5.10 Å². The molecule has 2 aromatic carbocycles. The SMILES string of the molecule is Cc1nc(NC(=O)C2=NN(c3ccc(F)cc3)[C@@H](C(N)=O)C2)sc1Cc1ccc2c(c1)OCO2. The van der Waals surface area contributed by atoms with E-state index in [0.29, 0.717) is 23.0 Å². The number of rotatable bonds is 6. The molecular weight excluding hydrogens is 461 g/mol. The predicted molar refractivity (Wildman–Crippen MR) is 125 cm³/mol. The number of hydrogen-bond acceptors (Lipinski definition) is 8. The number of hydrazone groups is 1. The number of thiazole rings is 1. The molecule has 2 amide bonds. The van der Waals surface area contributed by atoms with Crippen LogP contribution in [0.15, 0.2) is 47.6 Å². The first kappa shape index (κ1) is 21.8. The molecule has 1 atom stereocenters. The zero-order valence-corrected chi connectivity index (χ0v) is 18.9. The van der Waals surface area contributed by atoms with E-state index >= 15 is 0 Å². The summed E-state index contributed by atoms with van der Waals surface area (Å²) >= 11 is 1.36. The molecule has 9 nitrogen and oxygen atoms in total. The van der Waals surface area contributed by atoms with E-state index in [9.17, 15) is 14.0 Å². The highest BCUT2D eigenvalue weighted by atomic mass is 32.1. The number of aromatic nitrogens is 1. The Bertz CT molecular complexity index is 1310. The third-order valence-corrected chi connectivity index (χ3v) is 6.58. The minimum atomic E-state index is -0.842. The van der Waals surface area contributed by atoms with E-state index < -0.39 is 23.7 Å². The topological polar surface area (TPSA) is 119 Å². The molecule has 2 aliphatic heterocycles. The molecule has 0 radical (unpaired) electrons. The number of hydrogen-bond donors (Lipinski definition) is 2. The highest BCUT2D eigenvalue weighted by molar-refractivity contribution is 7.16. The average molecular weight is 482 g/mol. The van der Waals surface area contributed by atoms with Crippen molar-refractivity contribution < 1.29 is 23.5 Å². The number of benzene rings is 2. The summed E-state index contributed by atoms with van der Waals surface area (Å²) in [5.74, 6) is -0.0939. The fourth-order valence-corrected chi connectivity index (χ4v) is 4.74. The van der Waals surface area contributed by atoms with Crippen LogP contribution in [-0.4, -0.2) is 35.3 Å². The van der Waals surface area contributed by atoms with Crippen LogP contribution < -0.4 is 25.5 Å². The Labute approximate surface area is 198 Å². The van der Waals surface area contributed by atoms with Gasteiger partial charge < -0.3 is 15.2 Å². The summed E-state index contributed by atoms with van der Waals surface area (Å²) in [4.78, 5) is 30.3. The number of aryl methyl sites for hydroxylation is 1. The van der Waals surface area contributed by atoms with Crippen molar-refractivity contribution in [3.05, 3.63) is 64.4 Å². The Kier molecular flexibility index (Phi) is 5.62. The van der Waals surface area contributed by atoms with Crippen LogP contribution in [0.2, 0.25) is 0 Å². The van der Waals surface area contributed by atoms with Gasteiger partial charge in [0.15, 0.2) is 16.6 Å².